The highest BCUT2D eigenvalue weighted by Gasteiger charge is 2.16. The van der Waals surface area contributed by atoms with E-state index in [-0.39, 0.29) is 5.41 Å². The Balaban J connectivity index is 3.05. The molecule has 0 unspecified atom stereocenters. The first-order chi connectivity index (χ1) is 6.05. The fourth-order valence-electron chi connectivity index (χ4n) is 1.57. The molecule has 0 aliphatic heterocycles. The summed E-state index contributed by atoms with van der Waals surface area (Å²) in [6, 6.07) is 9.74. The van der Waals surface area contributed by atoms with Crippen LogP contribution in [0.15, 0.2) is 24.3 Å². The second-order valence-corrected chi connectivity index (χ2v) is 6.36. The van der Waals surface area contributed by atoms with E-state index in [4.69, 9.17) is 11.1 Å². The minimum Gasteiger partial charge on any atom is -0.176 e. The molecule has 1 rings (SSSR count). The van der Waals surface area contributed by atoms with Crippen molar-refractivity contribution >= 4 is 19.9 Å². The molecule has 1 aromatic rings. The molecule has 0 saturated heterocycles. The molecule has 0 aliphatic rings. The van der Waals surface area contributed by atoms with Crippen molar-refractivity contribution in [3.8, 4) is 0 Å². The molecule has 0 nitrogen and oxygen atoms in total. The standard InChI is InChI=1S/C11H17ClSi/c1-11(2,3)10-7-5-4-6-9(10)8-13-12/h4-7H,8,13H2,1-3H3. The Hall–Kier alpha value is -0.273. The summed E-state index contributed by atoms with van der Waals surface area (Å²) in [7, 11) is -0.391. The summed E-state index contributed by atoms with van der Waals surface area (Å²) in [6.07, 6.45) is 0. The van der Waals surface area contributed by atoms with Gasteiger partial charge in [0.15, 0.2) is 0 Å². The molecule has 0 fully saturated rings. The Morgan fingerprint density at radius 2 is 1.85 bits per heavy atom. The highest BCUT2D eigenvalue weighted by Crippen LogP contribution is 2.25. The molecule has 0 radical (unpaired) electrons. The summed E-state index contributed by atoms with van der Waals surface area (Å²) in [5.74, 6) is 0. The summed E-state index contributed by atoms with van der Waals surface area (Å²) < 4.78 is 0. The van der Waals surface area contributed by atoms with Gasteiger partial charge in [-0.3, -0.25) is 0 Å². The number of rotatable bonds is 2. The smallest absolute Gasteiger partial charge is 0.129 e. The Bertz CT molecular complexity index is 276. The maximum absolute atomic E-state index is 5.90. The van der Waals surface area contributed by atoms with Gasteiger partial charge in [0.05, 0.1) is 0 Å². The van der Waals surface area contributed by atoms with E-state index in [0.29, 0.717) is 0 Å². The Morgan fingerprint density at radius 1 is 1.23 bits per heavy atom. The molecular formula is C11H17ClSi. The molecule has 72 valence electrons. The predicted molar refractivity (Wildman–Crippen MR) is 63.2 cm³/mol. The molecule has 0 heterocycles. The number of benzene rings is 1. The van der Waals surface area contributed by atoms with Crippen LogP contribution in [0.25, 0.3) is 0 Å². The lowest BCUT2D eigenvalue weighted by molar-refractivity contribution is 0.585. The van der Waals surface area contributed by atoms with Crippen LogP contribution in [0.3, 0.4) is 0 Å². The first-order valence-corrected chi connectivity index (χ1v) is 7.84. The van der Waals surface area contributed by atoms with E-state index in [1.54, 1.807) is 0 Å². The van der Waals surface area contributed by atoms with E-state index in [9.17, 15) is 0 Å². The van der Waals surface area contributed by atoms with E-state index >= 15 is 0 Å². The second kappa shape index (κ2) is 4.29. The first-order valence-electron chi connectivity index (χ1n) is 4.70. The lowest BCUT2D eigenvalue weighted by atomic mass is 9.84. The molecule has 0 atom stereocenters. The van der Waals surface area contributed by atoms with Crippen molar-refractivity contribution in [1.82, 2.24) is 0 Å². The van der Waals surface area contributed by atoms with Crippen molar-refractivity contribution < 1.29 is 0 Å². The summed E-state index contributed by atoms with van der Waals surface area (Å²) >= 11 is 5.90. The third kappa shape index (κ3) is 2.85. The molecule has 0 spiro atoms. The summed E-state index contributed by atoms with van der Waals surface area (Å²) in [6.45, 7) is 6.75. The Kier molecular flexibility index (Phi) is 3.57. The zero-order chi connectivity index (χ0) is 9.90. The van der Waals surface area contributed by atoms with Gasteiger partial charge in [-0.1, -0.05) is 45.0 Å². The molecule has 0 aromatic heterocycles. The quantitative estimate of drug-likeness (QED) is 0.523. The van der Waals surface area contributed by atoms with E-state index in [1.165, 1.54) is 11.1 Å². The van der Waals surface area contributed by atoms with Crippen molar-refractivity contribution in [2.24, 2.45) is 0 Å². The van der Waals surface area contributed by atoms with Crippen LogP contribution >= 0.6 is 11.1 Å². The van der Waals surface area contributed by atoms with Gasteiger partial charge in [0.2, 0.25) is 0 Å². The van der Waals surface area contributed by atoms with Crippen LogP contribution in [0, 0.1) is 0 Å². The van der Waals surface area contributed by atoms with E-state index in [1.807, 2.05) is 0 Å². The van der Waals surface area contributed by atoms with E-state index < -0.39 is 8.83 Å². The molecule has 0 amide bonds. The van der Waals surface area contributed by atoms with Crippen molar-refractivity contribution in [2.45, 2.75) is 32.2 Å². The van der Waals surface area contributed by atoms with Gasteiger partial charge in [-0.05, 0) is 22.6 Å². The second-order valence-electron chi connectivity index (χ2n) is 4.35. The maximum atomic E-state index is 5.90. The minimum atomic E-state index is -0.391. The molecule has 0 N–H and O–H groups in total. The number of hydrogen-bond donors (Lipinski definition) is 0. The largest absolute Gasteiger partial charge is 0.176 e. The number of halogens is 1. The van der Waals surface area contributed by atoms with Gasteiger partial charge in [-0.15, -0.1) is 0 Å². The number of hydrogen-bond acceptors (Lipinski definition) is 0. The highest BCUT2D eigenvalue weighted by atomic mass is 35.6. The van der Waals surface area contributed by atoms with Crippen molar-refractivity contribution in [2.75, 3.05) is 0 Å². The Morgan fingerprint density at radius 3 is 2.38 bits per heavy atom. The van der Waals surface area contributed by atoms with Crippen LogP contribution in [-0.2, 0) is 11.5 Å². The fraction of sp³-hybridized carbons (Fsp3) is 0.455. The molecule has 2 heteroatoms. The van der Waals surface area contributed by atoms with Crippen LogP contribution in [0.2, 0.25) is 0 Å². The van der Waals surface area contributed by atoms with Gasteiger partial charge in [0.1, 0.15) is 8.83 Å². The Labute approximate surface area is 87.8 Å². The molecule has 0 bridgehead atoms. The molecule has 0 saturated carbocycles. The van der Waals surface area contributed by atoms with Crippen LogP contribution < -0.4 is 0 Å². The third-order valence-electron chi connectivity index (χ3n) is 2.19. The predicted octanol–water partition coefficient (Wildman–Crippen LogP) is 2.81. The average Bonchev–Trinajstić information content (AvgIpc) is 2.04. The first kappa shape index (κ1) is 10.8. The van der Waals surface area contributed by atoms with Crippen LogP contribution in [0.5, 0.6) is 0 Å². The minimum absolute atomic E-state index is 0.247. The van der Waals surface area contributed by atoms with Crippen molar-refractivity contribution in [1.29, 1.82) is 0 Å². The lowest BCUT2D eigenvalue weighted by Crippen LogP contribution is -2.14. The highest BCUT2D eigenvalue weighted by molar-refractivity contribution is 6.93. The topological polar surface area (TPSA) is 0 Å². The van der Waals surface area contributed by atoms with Crippen molar-refractivity contribution in [3.05, 3.63) is 35.4 Å². The summed E-state index contributed by atoms with van der Waals surface area (Å²) in [4.78, 5) is 0. The lowest BCUT2D eigenvalue weighted by Gasteiger charge is -2.22. The van der Waals surface area contributed by atoms with Gasteiger partial charge in [-0.2, -0.15) is 11.1 Å². The fourth-order valence-corrected chi connectivity index (χ4v) is 2.82. The maximum Gasteiger partial charge on any atom is 0.129 e. The van der Waals surface area contributed by atoms with Gasteiger partial charge >= 0.3 is 0 Å². The van der Waals surface area contributed by atoms with E-state index in [0.717, 1.165) is 6.04 Å². The van der Waals surface area contributed by atoms with Gasteiger partial charge in [0, 0.05) is 0 Å². The molecule has 1 aromatic carbocycles. The summed E-state index contributed by atoms with van der Waals surface area (Å²) in [5, 5.41) is 0. The SMILES string of the molecule is CC(C)(C)c1ccccc1C[SiH2]Cl. The van der Waals surface area contributed by atoms with Crippen LogP contribution in [0.1, 0.15) is 31.9 Å². The summed E-state index contributed by atoms with van der Waals surface area (Å²) in [5.41, 5.74) is 3.14. The van der Waals surface area contributed by atoms with Crippen LogP contribution in [0.4, 0.5) is 0 Å². The van der Waals surface area contributed by atoms with Crippen LogP contribution in [-0.4, -0.2) is 8.83 Å². The van der Waals surface area contributed by atoms with Gasteiger partial charge in [0.25, 0.3) is 0 Å². The third-order valence-corrected chi connectivity index (χ3v) is 3.48. The van der Waals surface area contributed by atoms with E-state index in [2.05, 4.69) is 45.0 Å². The van der Waals surface area contributed by atoms with Gasteiger partial charge in [-0.25, -0.2) is 0 Å². The van der Waals surface area contributed by atoms with Gasteiger partial charge < -0.3 is 0 Å². The van der Waals surface area contributed by atoms with Crippen molar-refractivity contribution in [3.63, 3.8) is 0 Å². The zero-order valence-corrected chi connectivity index (χ0v) is 10.8. The molecular weight excluding hydrogens is 196 g/mol. The average molecular weight is 213 g/mol. The zero-order valence-electron chi connectivity index (χ0n) is 8.60. The monoisotopic (exact) mass is 212 g/mol. The molecule has 0 aliphatic carbocycles. The normalized spacial score (nSPS) is 12.6. The molecule has 13 heavy (non-hydrogen) atoms.